The topological polar surface area (TPSA) is 97.0 Å². The molecule has 0 saturated carbocycles. The Hall–Kier alpha value is -2.68. The average molecular weight is 590 g/mol. The van der Waals surface area contributed by atoms with Gasteiger partial charge < -0.3 is 25.0 Å². The molecule has 0 aliphatic carbocycles. The van der Waals surface area contributed by atoms with Crippen molar-refractivity contribution in [1.29, 1.82) is 0 Å². The lowest BCUT2D eigenvalue weighted by atomic mass is 9.87. The lowest BCUT2D eigenvalue weighted by Crippen LogP contribution is -2.61. The lowest BCUT2D eigenvalue weighted by molar-refractivity contribution is -0.147. The molecular weight excluding hydrogens is 538 g/mol. The number of piperazine rings is 1. The first kappa shape index (κ1) is 34.5. The van der Waals surface area contributed by atoms with Crippen molar-refractivity contribution in [2.24, 2.45) is 5.41 Å². The Morgan fingerprint density at radius 3 is 2.44 bits per heavy atom. The molecule has 2 N–H and O–H groups in total. The van der Waals surface area contributed by atoms with Crippen LogP contribution in [0.3, 0.4) is 0 Å². The Morgan fingerprint density at radius 2 is 1.73 bits per heavy atom. The second-order valence-electron chi connectivity index (χ2n) is 11.8. The van der Waals surface area contributed by atoms with E-state index in [0.29, 0.717) is 39.1 Å². The van der Waals surface area contributed by atoms with Crippen LogP contribution in [0.5, 0.6) is 5.75 Å². The molecule has 1 fully saturated rings. The zero-order valence-corrected chi connectivity index (χ0v) is 26.6. The van der Waals surface area contributed by atoms with Crippen LogP contribution in [0.2, 0.25) is 0 Å². The van der Waals surface area contributed by atoms with Crippen molar-refractivity contribution in [2.75, 3.05) is 26.3 Å². The fraction of sp³-hybridized carbons (Fsp3) is 0.688. The highest BCUT2D eigenvalue weighted by Crippen LogP contribution is 2.25. The summed E-state index contributed by atoms with van der Waals surface area (Å²) in [5, 5.41) is 5.77. The van der Waals surface area contributed by atoms with Crippen LogP contribution in [0.15, 0.2) is 18.2 Å². The number of rotatable bonds is 17. The number of amides is 2. The number of hydrogen-bond acceptors (Lipinski definition) is 6. The summed E-state index contributed by atoms with van der Waals surface area (Å²) in [6.45, 7) is 11.6. The fourth-order valence-electron chi connectivity index (χ4n) is 4.81. The number of thiocarbonyl (C=S) groups is 1. The van der Waals surface area contributed by atoms with Gasteiger partial charge in [-0.25, -0.2) is 0 Å². The fourth-order valence-corrected chi connectivity index (χ4v) is 5.12. The van der Waals surface area contributed by atoms with Crippen molar-refractivity contribution < 1.29 is 23.9 Å². The Kier molecular flexibility index (Phi) is 15.1. The third-order valence-corrected chi connectivity index (χ3v) is 7.93. The number of carbonyl (C=O) groups is 3. The molecule has 2 rings (SSSR count). The van der Waals surface area contributed by atoms with Gasteiger partial charge in [0.2, 0.25) is 11.8 Å². The summed E-state index contributed by atoms with van der Waals surface area (Å²) in [5.74, 6) is -0.0894. The number of benzene rings is 1. The monoisotopic (exact) mass is 589 g/mol. The molecule has 1 atom stereocenters. The van der Waals surface area contributed by atoms with E-state index >= 15 is 0 Å². The highest BCUT2D eigenvalue weighted by Gasteiger charge is 2.36. The van der Waals surface area contributed by atoms with E-state index in [0.717, 1.165) is 36.1 Å². The van der Waals surface area contributed by atoms with Crippen LogP contribution in [-0.2, 0) is 19.1 Å². The first-order chi connectivity index (χ1) is 19.5. The molecule has 0 radical (unpaired) electrons. The van der Waals surface area contributed by atoms with Crippen LogP contribution in [0.4, 0.5) is 0 Å². The summed E-state index contributed by atoms with van der Waals surface area (Å²) in [5.41, 5.74) is 1.52. The first-order valence-corrected chi connectivity index (χ1v) is 15.7. The molecule has 8 nitrogen and oxygen atoms in total. The third-order valence-electron chi connectivity index (χ3n) is 7.60. The summed E-state index contributed by atoms with van der Waals surface area (Å²) in [6, 6.07) is 5.30. The quantitative estimate of drug-likeness (QED) is 0.135. The van der Waals surface area contributed by atoms with Gasteiger partial charge in [0, 0.05) is 18.5 Å². The molecule has 1 aliphatic heterocycles. The van der Waals surface area contributed by atoms with Crippen molar-refractivity contribution >= 4 is 35.1 Å². The second kappa shape index (κ2) is 18.0. The van der Waals surface area contributed by atoms with Crippen molar-refractivity contribution in [3.05, 3.63) is 29.3 Å². The summed E-state index contributed by atoms with van der Waals surface area (Å²) in [6.07, 6.45) is 10.5. The minimum Gasteiger partial charge on any atom is -0.493 e. The molecule has 1 aliphatic rings. The van der Waals surface area contributed by atoms with Crippen LogP contribution in [0, 0.1) is 19.3 Å². The molecule has 0 bridgehead atoms. The average Bonchev–Trinajstić information content (AvgIpc) is 2.93. The summed E-state index contributed by atoms with van der Waals surface area (Å²) >= 11 is 5.54. The zero-order valence-electron chi connectivity index (χ0n) is 25.8. The van der Waals surface area contributed by atoms with Crippen LogP contribution in [0.1, 0.15) is 103 Å². The zero-order chi connectivity index (χ0) is 30.3. The Labute approximate surface area is 252 Å². The molecule has 0 spiro atoms. The van der Waals surface area contributed by atoms with Crippen molar-refractivity contribution in [1.82, 2.24) is 15.5 Å². The van der Waals surface area contributed by atoms with E-state index < -0.39 is 17.4 Å². The minimum atomic E-state index is -0.809. The Morgan fingerprint density at radius 1 is 1.05 bits per heavy atom. The van der Waals surface area contributed by atoms with E-state index in [1.54, 1.807) is 4.90 Å². The van der Waals surface area contributed by atoms with Gasteiger partial charge in [0.1, 0.15) is 11.8 Å². The van der Waals surface area contributed by atoms with E-state index in [4.69, 9.17) is 21.7 Å². The van der Waals surface area contributed by atoms with Crippen LogP contribution >= 0.6 is 12.2 Å². The van der Waals surface area contributed by atoms with Crippen molar-refractivity contribution in [2.45, 2.75) is 111 Å². The van der Waals surface area contributed by atoms with Gasteiger partial charge in [-0.05, 0) is 62.5 Å². The minimum absolute atomic E-state index is 0.113. The Bertz CT molecular complexity index is 1010. The lowest BCUT2D eigenvalue weighted by Gasteiger charge is -2.37. The molecule has 1 aromatic rings. The smallest absolute Gasteiger partial charge is 0.308 e. The second-order valence-corrected chi connectivity index (χ2v) is 12.2. The number of hydrogen-bond donors (Lipinski definition) is 2. The van der Waals surface area contributed by atoms with E-state index in [9.17, 15) is 14.4 Å². The van der Waals surface area contributed by atoms with E-state index in [2.05, 4.69) is 23.6 Å². The van der Waals surface area contributed by atoms with Crippen molar-refractivity contribution in [3.8, 4) is 5.75 Å². The summed E-state index contributed by atoms with van der Waals surface area (Å²) < 4.78 is 11.4. The predicted molar refractivity (Wildman–Crippen MR) is 167 cm³/mol. The predicted octanol–water partition coefficient (Wildman–Crippen LogP) is 5.76. The highest BCUT2D eigenvalue weighted by molar-refractivity contribution is 7.80. The van der Waals surface area contributed by atoms with Gasteiger partial charge >= 0.3 is 5.97 Å². The highest BCUT2D eigenvalue weighted by atomic mass is 32.1. The SMILES string of the molecule is CCCCCCCCCCOC(=O)CC1C(=O)NCCN1C(=S)NC(=O)C(C)(C)CCCOc1cc(C)ccc1C. The van der Waals surface area contributed by atoms with E-state index in [1.165, 1.54) is 32.1 Å². The molecule has 41 heavy (non-hydrogen) atoms. The largest absolute Gasteiger partial charge is 0.493 e. The van der Waals surface area contributed by atoms with Crippen molar-refractivity contribution in [3.63, 3.8) is 0 Å². The third kappa shape index (κ3) is 12.4. The number of nitrogens with one attached hydrogen (secondary N) is 2. The van der Waals surface area contributed by atoms with E-state index in [-0.39, 0.29) is 23.3 Å². The molecular formula is C32H51N3O5S. The standard InChI is InChI=1S/C32H51N3O5S/c1-6-7-8-9-10-11-12-13-20-40-28(36)23-26-29(37)33-18-19-35(26)31(41)34-30(38)32(4,5)17-14-21-39-27-22-24(2)15-16-25(27)3/h15-16,22,26H,6-14,17-21,23H2,1-5H3,(H,33,37)(H,34,38,41). The molecule has 2 amide bonds. The molecule has 0 aromatic heterocycles. The maximum atomic E-state index is 13.1. The van der Waals surface area contributed by atoms with Gasteiger partial charge in [0.15, 0.2) is 5.11 Å². The van der Waals surface area contributed by atoms with Crippen LogP contribution < -0.4 is 15.4 Å². The summed E-state index contributed by atoms with van der Waals surface area (Å²) in [4.78, 5) is 39.9. The normalized spacial score (nSPS) is 15.3. The number of unbranched alkanes of at least 4 members (excludes halogenated alkanes) is 7. The molecule has 9 heteroatoms. The number of ether oxygens (including phenoxy) is 2. The Balaban J connectivity index is 1.77. The van der Waals surface area contributed by atoms with Gasteiger partial charge in [-0.2, -0.15) is 0 Å². The molecule has 230 valence electrons. The number of nitrogens with zero attached hydrogens (tertiary/aromatic N) is 1. The summed E-state index contributed by atoms with van der Waals surface area (Å²) in [7, 11) is 0. The maximum absolute atomic E-state index is 13.1. The van der Waals surface area contributed by atoms with Gasteiger partial charge in [0.25, 0.3) is 0 Å². The molecule has 1 unspecified atom stereocenters. The van der Waals surface area contributed by atoms with Gasteiger partial charge in [0.05, 0.1) is 19.6 Å². The molecule has 1 heterocycles. The van der Waals surface area contributed by atoms with Gasteiger partial charge in [-0.3, -0.25) is 14.4 Å². The molecule has 1 saturated heterocycles. The van der Waals surface area contributed by atoms with Gasteiger partial charge in [-0.1, -0.05) is 77.8 Å². The van der Waals surface area contributed by atoms with Crippen LogP contribution in [0.25, 0.3) is 0 Å². The van der Waals surface area contributed by atoms with Gasteiger partial charge in [-0.15, -0.1) is 0 Å². The first-order valence-electron chi connectivity index (χ1n) is 15.3. The van der Waals surface area contributed by atoms with E-state index in [1.807, 2.05) is 39.8 Å². The number of aryl methyl sites for hydroxylation is 2. The molecule has 1 aromatic carbocycles. The van der Waals surface area contributed by atoms with Crippen LogP contribution in [-0.4, -0.2) is 60.1 Å². The number of carbonyl (C=O) groups excluding carboxylic acids is 3. The maximum Gasteiger partial charge on any atom is 0.308 e. The number of esters is 1.